The van der Waals surface area contributed by atoms with E-state index < -0.39 is 23.4 Å². The van der Waals surface area contributed by atoms with E-state index in [9.17, 15) is 18.7 Å². The van der Waals surface area contributed by atoms with Crippen LogP contribution in [0, 0.1) is 11.6 Å². The van der Waals surface area contributed by atoms with Crippen LogP contribution in [-0.4, -0.2) is 16.2 Å². The average molecular weight is 464 g/mol. The number of hydrogen-bond acceptors (Lipinski definition) is 2. The Morgan fingerprint density at radius 1 is 1.05 bits per heavy atom. The van der Waals surface area contributed by atoms with Gasteiger partial charge in [-0.1, -0.05) is 19.9 Å². The number of aromatic carboxylic acids is 1. The van der Waals surface area contributed by atoms with Gasteiger partial charge in [0.1, 0.15) is 22.9 Å². The number of carboxylic acids is 1. The molecule has 2 aromatic rings. The molecule has 0 atom stereocenters. The first-order valence-corrected chi connectivity index (χ1v) is 6.01. The van der Waals surface area contributed by atoms with Crippen LogP contribution in [0.15, 0.2) is 36.4 Å². The van der Waals surface area contributed by atoms with Crippen molar-refractivity contribution in [3.63, 3.8) is 0 Å². The van der Waals surface area contributed by atoms with Crippen molar-refractivity contribution in [2.24, 2.45) is 0 Å². The van der Waals surface area contributed by atoms with Gasteiger partial charge in [0.15, 0.2) is 0 Å². The van der Waals surface area contributed by atoms with Crippen LogP contribution in [0.5, 0.6) is 5.75 Å². The second-order valence-corrected chi connectivity index (χ2v) is 3.66. The van der Waals surface area contributed by atoms with E-state index in [1.807, 2.05) is 13.8 Å². The van der Waals surface area contributed by atoms with E-state index >= 15 is 0 Å². The van der Waals surface area contributed by atoms with E-state index in [0.717, 1.165) is 18.2 Å². The van der Waals surface area contributed by atoms with Gasteiger partial charge in [-0.2, -0.15) is 0 Å². The number of carboxylic acid groups (broad SMARTS) is 1. The molecule has 0 heterocycles. The summed E-state index contributed by atoms with van der Waals surface area (Å²) in [5, 5.41) is 18.2. The zero-order valence-electron chi connectivity index (χ0n) is 11.4. The van der Waals surface area contributed by atoms with Crippen molar-refractivity contribution in [3.8, 4) is 16.9 Å². The molecule has 0 aliphatic heterocycles. The van der Waals surface area contributed by atoms with Crippen molar-refractivity contribution in [1.29, 1.82) is 0 Å². The van der Waals surface area contributed by atoms with Gasteiger partial charge in [-0.3, -0.25) is 0 Å². The van der Waals surface area contributed by atoms with Gasteiger partial charge in [-0.25, -0.2) is 13.6 Å². The van der Waals surface area contributed by atoms with Crippen LogP contribution in [0.2, 0.25) is 0 Å². The van der Waals surface area contributed by atoms with Crippen molar-refractivity contribution < 1.29 is 44.9 Å². The fraction of sp³-hybridized carbons (Fsp3) is 0.133. The molecule has 0 radical (unpaired) electrons. The van der Waals surface area contributed by atoms with Crippen molar-refractivity contribution in [2.45, 2.75) is 13.8 Å². The second-order valence-electron chi connectivity index (χ2n) is 3.66. The molecule has 3 nitrogen and oxygen atoms in total. The van der Waals surface area contributed by atoms with Gasteiger partial charge in [0.05, 0.1) is 0 Å². The number of benzene rings is 2. The van der Waals surface area contributed by atoms with Gasteiger partial charge < -0.3 is 10.2 Å². The summed E-state index contributed by atoms with van der Waals surface area (Å²) in [4.78, 5) is 10.8. The molecule has 2 N–H and O–H groups in total. The summed E-state index contributed by atoms with van der Waals surface area (Å²) >= 11 is 0. The average Bonchev–Trinajstić information content (AvgIpc) is 2.42. The molecule has 2 aromatic carbocycles. The Kier molecular flexibility index (Phi) is 7.82. The Bertz CT molecular complexity index is 630. The minimum Gasteiger partial charge on any atom is -0.507 e. The molecule has 2 rings (SSSR count). The molecular formula is C15H14F2O3W. The minimum absolute atomic E-state index is 0. The molecule has 112 valence electrons. The molecule has 0 saturated carbocycles. The second kappa shape index (κ2) is 8.52. The van der Waals surface area contributed by atoms with Crippen molar-refractivity contribution in [2.75, 3.05) is 0 Å². The molecule has 0 bridgehead atoms. The molecule has 21 heavy (non-hydrogen) atoms. The maximum atomic E-state index is 13.5. The predicted octanol–water partition coefficient (Wildman–Crippen LogP) is 4.06. The first-order chi connectivity index (χ1) is 9.49. The summed E-state index contributed by atoms with van der Waals surface area (Å²) in [6.45, 7) is 4.00. The van der Waals surface area contributed by atoms with Crippen LogP contribution in [0.3, 0.4) is 0 Å². The Labute approximate surface area is 135 Å². The number of rotatable bonds is 2. The third-order valence-electron chi connectivity index (χ3n) is 2.47. The van der Waals surface area contributed by atoms with Gasteiger partial charge in [0.2, 0.25) is 0 Å². The molecule has 0 unspecified atom stereocenters. The van der Waals surface area contributed by atoms with E-state index in [2.05, 4.69) is 0 Å². The monoisotopic (exact) mass is 464 g/mol. The molecular weight excluding hydrogens is 450 g/mol. The minimum atomic E-state index is -1.32. The number of hydrogen-bond donors (Lipinski definition) is 2. The summed E-state index contributed by atoms with van der Waals surface area (Å²) in [5.74, 6) is -3.24. The SMILES string of the molecule is CC.O=C(O)c1cc(-c2ccc(F)cc2F)ccc1O.[W]. The van der Waals surface area contributed by atoms with E-state index in [4.69, 9.17) is 5.11 Å². The van der Waals surface area contributed by atoms with Crippen LogP contribution in [0.25, 0.3) is 11.1 Å². The molecule has 0 saturated heterocycles. The molecule has 0 aliphatic rings. The largest absolute Gasteiger partial charge is 0.507 e. The normalized spacial score (nSPS) is 9.14. The number of carbonyl (C=O) groups is 1. The van der Waals surface area contributed by atoms with Crippen LogP contribution in [0.4, 0.5) is 8.78 Å². The summed E-state index contributed by atoms with van der Waals surface area (Å²) in [5.41, 5.74) is -0.0159. The fourth-order valence-electron chi connectivity index (χ4n) is 1.60. The first-order valence-electron chi connectivity index (χ1n) is 6.01. The van der Waals surface area contributed by atoms with Gasteiger partial charge >= 0.3 is 5.97 Å². The van der Waals surface area contributed by atoms with Crippen LogP contribution in [-0.2, 0) is 21.1 Å². The smallest absolute Gasteiger partial charge is 0.339 e. The summed E-state index contributed by atoms with van der Waals surface area (Å²) in [7, 11) is 0. The number of aromatic hydroxyl groups is 1. The first kappa shape index (κ1) is 19.3. The standard InChI is InChI=1S/C13H8F2O3.C2H6.W/c14-8-2-3-9(11(15)6-8)7-1-4-12(16)10(5-7)13(17)18;1-2;/h1-6,16H,(H,17,18);1-2H3;. The zero-order chi connectivity index (χ0) is 15.3. The fourth-order valence-corrected chi connectivity index (χ4v) is 1.60. The molecule has 0 spiro atoms. The third-order valence-corrected chi connectivity index (χ3v) is 2.47. The maximum absolute atomic E-state index is 13.5. The van der Waals surface area contributed by atoms with Gasteiger partial charge in [0.25, 0.3) is 0 Å². The van der Waals surface area contributed by atoms with E-state index in [1.54, 1.807) is 0 Å². The van der Waals surface area contributed by atoms with Crippen LogP contribution >= 0.6 is 0 Å². The van der Waals surface area contributed by atoms with Crippen molar-refractivity contribution in [3.05, 3.63) is 53.6 Å². The van der Waals surface area contributed by atoms with E-state index in [-0.39, 0.29) is 37.8 Å². The Balaban J connectivity index is 0.00000128. The summed E-state index contributed by atoms with van der Waals surface area (Å²) in [6, 6.07) is 6.64. The maximum Gasteiger partial charge on any atom is 0.339 e. The number of halogens is 2. The van der Waals surface area contributed by atoms with Crippen LogP contribution in [0.1, 0.15) is 24.2 Å². The Hall–Kier alpha value is -1.74. The predicted molar refractivity (Wildman–Crippen MR) is 71.8 cm³/mol. The van der Waals surface area contributed by atoms with Crippen molar-refractivity contribution in [1.82, 2.24) is 0 Å². The van der Waals surface area contributed by atoms with Gasteiger partial charge in [0, 0.05) is 32.7 Å². The molecule has 0 fully saturated rings. The quantitative estimate of drug-likeness (QED) is 0.706. The molecule has 0 amide bonds. The molecule has 0 aliphatic carbocycles. The van der Waals surface area contributed by atoms with E-state index in [1.165, 1.54) is 12.1 Å². The summed E-state index contributed by atoms with van der Waals surface area (Å²) in [6.07, 6.45) is 0. The third kappa shape index (κ3) is 4.64. The topological polar surface area (TPSA) is 57.5 Å². The molecule has 6 heteroatoms. The van der Waals surface area contributed by atoms with Crippen molar-refractivity contribution >= 4 is 5.97 Å². The van der Waals surface area contributed by atoms with Gasteiger partial charge in [-0.05, 0) is 29.8 Å². The number of phenols is 1. The zero-order valence-corrected chi connectivity index (χ0v) is 14.4. The Morgan fingerprint density at radius 3 is 2.19 bits per heavy atom. The van der Waals surface area contributed by atoms with Crippen LogP contribution < -0.4 is 0 Å². The summed E-state index contributed by atoms with van der Waals surface area (Å²) < 4.78 is 26.3. The van der Waals surface area contributed by atoms with E-state index in [0.29, 0.717) is 6.07 Å². The molecule has 0 aromatic heterocycles. The Morgan fingerprint density at radius 2 is 1.67 bits per heavy atom. The van der Waals surface area contributed by atoms with Gasteiger partial charge in [-0.15, -0.1) is 0 Å².